The van der Waals surface area contributed by atoms with Crippen molar-refractivity contribution >= 4 is 16.9 Å². The lowest BCUT2D eigenvalue weighted by Crippen LogP contribution is -2.31. The van der Waals surface area contributed by atoms with Gasteiger partial charge in [0.05, 0.1) is 11.1 Å². The van der Waals surface area contributed by atoms with Gasteiger partial charge in [0.2, 0.25) is 0 Å². The Morgan fingerprint density at radius 2 is 1.02 bits per heavy atom. The molecule has 0 radical (unpaired) electrons. The molecule has 260 valence electrons. The van der Waals surface area contributed by atoms with Gasteiger partial charge in [0, 0.05) is 22.4 Å². The molecular weight excluding hydrogens is 651 g/mol. The van der Waals surface area contributed by atoms with Crippen LogP contribution in [0.4, 0.5) is 11.4 Å². The van der Waals surface area contributed by atoms with Gasteiger partial charge in [0.15, 0.2) is 0 Å². The number of nitrogens with zero attached hydrogens (tertiary/aromatic N) is 1. The van der Waals surface area contributed by atoms with E-state index in [0.29, 0.717) is 0 Å². The summed E-state index contributed by atoms with van der Waals surface area (Å²) in [7, 11) is 0. The molecule has 1 heteroatoms. The van der Waals surface area contributed by atoms with Crippen LogP contribution in [0.3, 0.4) is 0 Å². The Morgan fingerprint density at radius 1 is 0.481 bits per heavy atom. The highest BCUT2D eigenvalue weighted by Gasteiger charge is 2.49. The van der Waals surface area contributed by atoms with Gasteiger partial charge in [-0.05, 0) is 105 Å². The summed E-state index contributed by atoms with van der Waals surface area (Å²) in [6.07, 6.45) is 4.45. The molecule has 0 atom stereocenters. The van der Waals surface area contributed by atoms with E-state index < -0.39 is 5.41 Å². The van der Waals surface area contributed by atoms with E-state index in [1.54, 1.807) is 0 Å². The van der Waals surface area contributed by atoms with Crippen LogP contribution in [0.15, 0.2) is 193 Å². The van der Waals surface area contributed by atoms with Crippen molar-refractivity contribution in [1.29, 1.82) is 0 Å². The molecule has 0 aromatic heterocycles. The zero-order valence-electron chi connectivity index (χ0n) is 31.2. The van der Waals surface area contributed by atoms with Crippen LogP contribution < -0.4 is 4.90 Å². The summed E-state index contributed by atoms with van der Waals surface area (Å²) < 4.78 is 0. The lowest BCUT2D eigenvalue weighted by Gasteiger charge is -2.38. The van der Waals surface area contributed by atoms with Gasteiger partial charge in [-0.25, -0.2) is 0 Å². The van der Waals surface area contributed by atoms with Crippen LogP contribution in [0.5, 0.6) is 0 Å². The first-order chi connectivity index (χ1) is 26.5. The number of benzene rings is 7. The van der Waals surface area contributed by atoms with Crippen LogP contribution >= 0.6 is 0 Å². The van der Waals surface area contributed by atoms with Gasteiger partial charge in [-0.3, -0.25) is 0 Å². The Balaban J connectivity index is 1.21. The van der Waals surface area contributed by atoms with Crippen molar-refractivity contribution in [3.8, 4) is 22.3 Å². The van der Waals surface area contributed by atoms with Crippen LogP contribution in [0.1, 0.15) is 65.6 Å². The highest BCUT2D eigenvalue weighted by atomic mass is 15.2. The molecule has 0 amide bonds. The zero-order valence-corrected chi connectivity index (χ0v) is 31.2. The molecule has 3 aliphatic rings. The lowest BCUT2D eigenvalue weighted by molar-refractivity contribution is 0.660. The molecule has 1 nitrogen and oxygen atoms in total. The minimum atomic E-state index is -0.392. The van der Waals surface area contributed by atoms with Gasteiger partial charge in [-0.2, -0.15) is 0 Å². The monoisotopic (exact) mass is 693 g/mol. The lowest BCUT2D eigenvalue weighted by atomic mass is 9.65. The number of hydrogen-bond acceptors (Lipinski definition) is 1. The van der Waals surface area contributed by atoms with E-state index in [9.17, 15) is 0 Å². The second-order valence-electron chi connectivity index (χ2n) is 15.7. The predicted molar refractivity (Wildman–Crippen MR) is 226 cm³/mol. The fourth-order valence-electron chi connectivity index (χ4n) is 9.81. The van der Waals surface area contributed by atoms with E-state index in [0.717, 1.165) is 18.5 Å². The van der Waals surface area contributed by atoms with Crippen LogP contribution in [0.2, 0.25) is 0 Å². The maximum Gasteiger partial charge on any atom is 0.0677 e. The third kappa shape index (κ3) is 4.78. The highest BCUT2D eigenvalue weighted by Crippen LogP contribution is 2.60. The van der Waals surface area contributed by atoms with E-state index >= 15 is 0 Å². The Bertz CT molecular complexity index is 2560. The Labute approximate surface area is 319 Å². The average Bonchev–Trinajstić information content (AvgIpc) is 3.66. The summed E-state index contributed by atoms with van der Waals surface area (Å²) in [5, 5.41) is 0. The third-order valence-corrected chi connectivity index (χ3v) is 12.3. The normalized spacial score (nSPS) is 15.9. The smallest absolute Gasteiger partial charge is 0.0677 e. The SMILES string of the molecule is Cc1ccc(-c2ccc(N(C3=CCCC4=C3c3ccccc3C4(c3ccccc3)c3ccccc3)c3ccc4c(c3)C(C)(C)c3ccccc3-4)cc2)cc1. The average molecular weight is 694 g/mol. The molecule has 0 unspecified atom stereocenters. The topological polar surface area (TPSA) is 3.24 Å². The van der Waals surface area contributed by atoms with Gasteiger partial charge in [0.1, 0.15) is 0 Å². The number of allylic oxidation sites excluding steroid dienone is 3. The van der Waals surface area contributed by atoms with Crippen molar-refractivity contribution in [3.63, 3.8) is 0 Å². The molecule has 0 fully saturated rings. The minimum Gasteiger partial charge on any atom is -0.310 e. The maximum atomic E-state index is 2.55. The van der Waals surface area contributed by atoms with E-state index in [-0.39, 0.29) is 5.41 Å². The van der Waals surface area contributed by atoms with Gasteiger partial charge in [0.25, 0.3) is 0 Å². The van der Waals surface area contributed by atoms with Crippen LogP contribution in [0.25, 0.3) is 27.8 Å². The van der Waals surface area contributed by atoms with E-state index in [2.05, 4.69) is 208 Å². The Morgan fingerprint density at radius 3 is 1.69 bits per heavy atom. The first-order valence-corrected chi connectivity index (χ1v) is 19.3. The summed E-state index contributed by atoms with van der Waals surface area (Å²) in [5.74, 6) is 0. The molecule has 0 saturated heterocycles. The van der Waals surface area contributed by atoms with Crippen molar-refractivity contribution in [2.45, 2.75) is 44.4 Å². The summed E-state index contributed by atoms with van der Waals surface area (Å²) >= 11 is 0. The number of fused-ring (bicyclic) bond motifs is 5. The molecule has 0 N–H and O–H groups in total. The maximum absolute atomic E-state index is 2.55. The van der Waals surface area contributed by atoms with Crippen molar-refractivity contribution in [3.05, 3.63) is 232 Å². The minimum absolute atomic E-state index is 0.107. The molecule has 7 aromatic carbocycles. The Hall–Kier alpha value is -6.18. The summed E-state index contributed by atoms with van der Waals surface area (Å²) in [6.45, 7) is 6.90. The summed E-state index contributed by atoms with van der Waals surface area (Å²) in [5.41, 5.74) is 20.5. The van der Waals surface area contributed by atoms with Gasteiger partial charge < -0.3 is 4.90 Å². The molecule has 0 aliphatic heterocycles. The van der Waals surface area contributed by atoms with Gasteiger partial charge in [-0.1, -0.05) is 177 Å². The molecule has 0 heterocycles. The third-order valence-electron chi connectivity index (χ3n) is 12.3. The first kappa shape index (κ1) is 32.5. The number of anilines is 2. The zero-order chi connectivity index (χ0) is 36.4. The fourth-order valence-corrected chi connectivity index (χ4v) is 9.81. The highest BCUT2D eigenvalue weighted by molar-refractivity contribution is 5.98. The molecule has 54 heavy (non-hydrogen) atoms. The second-order valence-corrected chi connectivity index (χ2v) is 15.7. The molecule has 10 rings (SSSR count). The second kappa shape index (κ2) is 12.5. The molecule has 7 aromatic rings. The van der Waals surface area contributed by atoms with Gasteiger partial charge >= 0.3 is 0 Å². The molecule has 0 spiro atoms. The van der Waals surface area contributed by atoms with E-state index in [1.165, 1.54) is 83.7 Å². The van der Waals surface area contributed by atoms with Crippen molar-refractivity contribution in [1.82, 2.24) is 0 Å². The summed E-state index contributed by atoms with van der Waals surface area (Å²) in [6, 6.07) is 65.8. The van der Waals surface area contributed by atoms with Gasteiger partial charge in [-0.15, -0.1) is 0 Å². The molecule has 0 bridgehead atoms. The number of hydrogen-bond donors (Lipinski definition) is 0. The number of rotatable bonds is 6. The van der Waals surface area contributed by atoms with Crippen LogP contribution in [-0.2, 0) is 10.8 Å². The van der Waals surface area contributed by atoms with Crippen molar-refractivity contribution in [2.24, 2.45) is 0 Å². The summed E-state index contributed by atoms with van der Waals surface area (Å²) in [4.78, 5) is 2.55. The first-order valence-electron chi connectivity index (χ1n) is 19.3. The molecule has 0 saturated carbocycles. The fraction of sp³-hybridized carbons (Fsp3) is 0.132. The van der Waals surface area contributed by atoms with Crippen LogP contribution in [-0.4, -0.2) is 0 Å². The molecular formula is C53H43N. The predicted octanol–water partition coefficient (Wildman–Crippen LogP) is 13.6. The van der Waals surface area contributed by atoms with Crippen LogP contribution in [0, 0.1) is 6.92 Å². The molecule has 3 aliphatic carbocycles. The number of aryl methyl sites for hydroxylation is 1. The largest absolute Gasteiger partial charge is 0.310 e. The Kier molecular flexibility index (Phi) is 7.49. The van der Waals surface area contributed by atoms with Crippen molar-refractivity contribution < 1.29 is 0 Å². The van der Waals surface area contributed by atoms with E-state index in [4.69, 9.17) is 0 Å². The standard InChI is InChI=1S/C53H43N/c1-36-25-27-37(28-26-36)38-29-31-41(32-30-38)54(42-33-34-44-43-19-10-12-21-46(43)52(2,3)49(44)35-42)50-24-14-23-48-51(50)45-20-11-13-22-47(45)53(48,39-15-6-4-7-16-39)40-17-8-5-9-18-40/h4-13,15-22,24-35H,14,23H2,1-3H3. The van der Waals surface area contributed by atoms with Crippen molar-refractivity contribution in [2.75, 3.05) is 4.90 Å². The quantitative estimate of drug-likeness (QED) is 0.168. The van der Waals surface area contributed by atoms with E-state index in [1.807, 2.05) is 0 Å².